The van der Waals surface area contributed by atoms with Crippen molar-refractivity contribution in [1.82, 2.24) is 5.32 Å². The van der Waals surface area contributed by atoms with Crippen molar-refractivity contribution in [2.45, 2.75) is 25.0 Å². The number of benzene rings is 1. The van der Waals surface area contributed by atoms with Crippen molar-refractivity contribution in [2.24, 2.45) is 5.73 Å². The van der Waals surface area contributed by atoms with Crippen LogP contribution in [0.15, 0.2) is 24.3 Å². The van der Waals surface area contributed by atoms with Crippen LogP contribution >= 0.6 is 0 Å². The minimum absolute atomic E-state index is 0.370. The molecular weight excluding hydrogens is 251 g/mol. The van der Waals surface area contributed by atoms with Crippen LogP contribution in [0.3, 0.4) is 0 Å². The number of carbonyl (C=O) groups is 2. The first-order chi connectivity index (χ1) is 9.08. The topological polar surface area (TPSA) is 81.4 Å². The summed E-state index contributed by atoms with van der Waals surface area (Å²) in [4.78, 5) is 23.3. The molecule has 0 aliphatic carbocycles. The maximum absolute atomic E-state index is 12.8. The van der Waals surface area contributed by atoms with Gasteiger partial charge in [-0.05, 0) is 30.5 Å². The molecule has 102 valence electrons. The van der Waals surface area contributed by atoms with Crippen LogP contribution in [0, 0.1) is 5.82 Å². The first-order valence-electron chi connectivity index (χ1n) is 6.04. The van der Waals surface area contributed by atoms with Gasteiger partial charge < -0.3 is 15.8 Å². The average Bonchev–Trinajstić information content (AvgIpc) is 2.90. The maximum atomic E-state index is 12.8. The average molecular weight is 266 g/mol. The first kappa shape index (κ1) is 13.5. The normalized spacial score (nSPS) is 19.9. The molecule has 1 fully saturated rings. The first-order valence-corrected chi connectivity index (χ1v) is 6.04. The Kier molecular flexibility index (Phi) is 4.11. The number of hydrogen-bond donors (Lipinski definition) is 2. The Balaban J connectivity index is 2.09. The van der Waals surface area contributed by atoms with Gasteiger partial charge in [-0.15, -0.1) is 0 Å². The Hall–Kier alpha value is -1.95. The van der Waals surface area contributed by atoms with Crippen LogP contribution in [0.25, 0.3) is 0 Å². The van der Waals surface area contributed by atoms with E-state index in [1.165, 1.54) is 24.3 Å². The molecule has 0 radical (unpaired) electrons. The molecule has 19 heavy (non-hydrogen) atoms. The third-order valence-corrected chi connectivity index (χ3v) is 3.00. The van der Waals surface area contributed by atoms with E-state index in [-0.39, 0.29) is 5.91 Å². The van der Waals surface area contributed by atoms with Crippen molar-refractivity contribution < 1.29 is 18.7 Å². The van der Waals surface area contributed by atoms with Crippen LogP contribution < -0.4 is 11.1 Å². The fraction of sp³-hybridized carbons (Fsp3) is 0.385. The lowest BCUT2D eigenvalue weighted by Crippen LogP contribution is -2.42. The van der Waals surface area contributed by atoms with E-state index in [2.05, 4.69) is 5.32 Å². The Labute approximate surface area is 109 Å². The van der Waals surface area contributed by atoms with Gasteiger partial charge in [-0.3, -0.25) is 9.59 Å². The zero-order valence-corrected chi connectivity index (χ0v) is 10.3. The van der Waals surface area contributed by atoms with Crippen molar-refractivity contribution >= 4 is 11.8 Å². The molecule has 2 amide bonds. The quantitative estimate of drug-likeness (QED) is 0.839. The van der Waals surface area contributed by atoms with E-state index < -0.39 is 23.9 Å². The predicted molar refractivity (Wildman–Crippen MR) is 65.5 cm³/mol. The zero-order chi connectivity index (χ0) is 13.8. The summed E-state index contributed by atoms with van der Waals surface area (Å²) in [5.41, 5.74) is 5.71. The number of ether oxygens (including phenoxy) is 1. The molecule has 3 N–H and O–H groups in total. The molecule has 0 aromatic heterocycles. The SMILES string of the molecule is NC(=O)[C@@H](NC(=O)[C@@H]1CCCO1)c1ccc(F)cc1. The summed E-state index contributed by atoms with van der Waals surface area (Å²) in [6.45, 7) is 0.538. The predicted octanol–water partition coefficient (Wildman–Crippen LogP) is 0.647. The number of rotatable bonds is 4. The van der Waals surface area contributed by atoms with Crippen molar-refractivity contribution in [1.29, 1.82) is 0 Å². The van der Waals surface area contributed by atoms with Gasteiger partial charge in [0, 0.05) is 6.61 Å². The fourth-order valence-corrected chi connectivity index (χ4v) is 1.99. The van der Waals surface area contributed by atoms with Gasteiger partial charge in [0.1, 0.15) is 18.0 Å². The molecule has 2 rings (SSSR count). The molecule has 1 aliphatic heterocycles. The summed E-state index contributed by atoms with van der Waals surface area (Å²) in [5, 5.41) is 2.53. The van der Waals surface area contributed by atoms with E-state index >= 15 is 0 Å². The van der Waals surface area contributed by atoms with Crippen molar-refractivity contribution in [3.05, 3.63) is 35.6 Å². The third kappa shape index (κ3) is 3.29. The summed E-state index contributed by atoms with van der Waals surface area (Å²) in [5.74, 6) is -1.49. The van der Waals surface area contributed by atoms with Gasteiger partial charge in [0.05, 0.1) is 0 Å². The number of primary amides is 1. The minimum atomic E-state index is -0.975. The lowest BCUT2D eigenvalue weighted by Gasteiger charge is -2.18. The number of nitrogens with two attached hydrogens (primary N) is 1. The van der Waals surface area contributed by atoms with Gasteiger partial charge in [0.2, 0.25) is 11.8 Å². The highest BCUT2D eigenvalue weighted by molar-refractivity contribution is 5.89. The van der Waals surface area contributed by atoms with E-state index in [4.69, 9.17) is 10.5 Å². The second-order valence-electron chi connectivity index (χ2n) is 4.40. The number of nitrogens with one attached hydrogen (secondary N) is 1. The maximum Gasteiger partial charge on any atom is 0.250 e. The molecule has 0 bridgehead atoms. The molecule has 0 unspecified atom stereocenters. The molecule has 1 heterocycles. The Morgan fingerprint density at radius 3 is 2.58 bits per heavy atom. The zero-order valence-electron chi connectivity index (χ0n) is 10.3. The molecule has 0 saturated carbocycles. The highest BCUT2D eigenvalue weighted by Crippen LogP contribution is 2.16. The lowest BCUT2D eigenvalue weighted by atomic mass is 10.1. The molecule has 6 heteroatoms. The van der Waals surface area contributed by atoms with Crippen LogP contribution in [0.1, 0.15) is 24.4 Å². The monoisotopic (exact) mass is 266 g/mol. The van der Waals surface area contributed by atoms with Crippen molar-refractivity contribution in [3.8, 4) is 0 Å². The third-order valence-electron chi connectivity index (χ3n) is 3.00. The van der Waals surface area contributed by atoms with Crippen molar-refractivity contribution in [2.75, 3.05) is 6.61 Å². The Bertz CT molecular complexity index is 469. The Morgan fingerprint density at radius 1 is 1.37 bits per heavy atom. The van der Waals surface area contributed by atoms with Crippen LogP contribution in [0.2, 0.25) is 0 Å². The van der Waals surface area contributed by atoms with E-state index in [0.29, 0.717) is 18.6 Å². The van der Waals surface area contributed by atoms with E-state index in [1.807, 2.05) is 0 Å². The molecule has 0 spiro atoms. The highest BCUT2D eigenvalue weighted by Gasteiger charge is 2.28. The summed E-state index contributed by atoms with van der Waals surface area (Å²) >= 11 is 0. The largest absolute Gasteiger partial charge is 0.368 e. The molecule has 1 aliphatic rings. The van der Waals surface area contributed by atoms with E-state index in [0.717, 1.165) is 6.42 Å². The molecule has 1 aromatic carbocycles. The van der Waals surface area contributed by atoms with Gasteiger partial charge in [0.15, 0.2) is 0 Å². The second-order valence-corrected chi connectivity index (χ2v) is 4.40. The van der Waals surface area contributed by atoms with Crippen LogP contribution in [-0.2, 0) is 14.3 Å². The van der Waals surface area contributed by atoms with Crippen LogP contribution in [0.4, 0.5) is 4.39 Å². The lowest BCUT2D eigenvalue weighted by molar-refractivity contribution is -0.133. The van der Waals surface area contributed by atoms with Gasteiger partial charge >= 0.3 is 0 Å². The number of amides is 2. The van der Waals surface area contributed by atoms with E-state index in [1.54, 1.807) is 0 Å². The van der Waals surface area contributed by atoms with Crippen molar-refractivity contribution in [3.63, 3.8) is 0 Å². The highest BCUT2D eigenvalue weighted by atomic mass is 19.1. The molecule has 1 saturated heterocycles. The van der Waals surface area contributed by atoms with E-state index in [9.17, 15) is 14.0 Å². The number of carbonyl (C=O) groups excluding carboxylic acids is 2. The van der Waals surface area contributed by atoms with Gasteiger partial charge in [0.25, 0.3) is 0 Å². The van der Waals surface area contributed by atoms with Gasteiger partial charge in [-0.1, -0.05) is 12.1 Å². The van der Waals surface area contributed by atoms with Crippen LogP contribution in [0.5, 0.6) is 0 Å². The molecule has 5 nitrogen and oxygen atoms in total. The summed E-state index contributed by atoms with van der Waals surface area (Å²) in [6, 6.07) is 4.28. The van der Waals surface area contributed by atoms with Crippen LogP contribution in [-0.4, -0.2) is 24.5 Å². The second kappa shape index (κ2) is 5.79. The van der Waals surface area contributed by atoms with Gasteiger partial charge in [-0.2, -0.15) is 0 Å². The summed E-state index contributed by atoms with van der Waals surface area (Å²) in [7, 11) is 0. The fourth-order valence-electron chi connectivity index (χ4n) is 1.99. The number of halogens is 1. The summed E-state index contributed by atoms with van der Waals surface area (Å²) < 4.78 is 18.1. The molecular formula is C13H15FN2O3. The molecule has 2 atom stereocenters. The smallest absolute Gasteiger partial charge is 0.250 e. The Morgan fingerprint density at radius 2 is 2.05 bits per heavy atom. The summed E-state index contributed by atoms with van der Waals surface area (Å²) in [6.07, 6.45) is 0.902. The van der Waals surface area contributed by atoms with Gasteiger partial charge in [-0.25, -0.2) is 4.39 Å². The molecule has 1 aromatic rings. The number of hydrogen-bond acceptors (Lipinski definition) is 3. The minimum Gasteiger partial charge on any atom is -0.368 e. The standard InChI is InChI=1S/C13H15FN2O3/c14-9-5-3-8(4-6-9)11(12(15)17)16-13(18)10-2-1-7-19-10/h3-6,10-11H,1-2,7H2,(H2,15,17)(H,16,18)/t10-,11-/m0/s1.